The SMILES string of the molecule is C=C1CCC1C.CC1=C(C)CC1.CON.C[C@@H]1CC[C@H]1N.C[C@@H]1CC[C@H]1N.C[C@H]1CC[C@H]1N.Cl.Clc1ccc(CC2CCNCC2)cc1.Clc1ccc(CN2CCNCC2)cc1. The van der Waals surface area contributed by atoms with Crippen molar-refractivity contribution < 1.29 is 4.84 Å². The van der Waals surface area contributed by atoms with Gasteiger partial charge < -0.3 is 32.7 Å². The maximum atomic E-state index is 5.84. The van der Waals surface area contributed by atoms with Gasteiger partial charge in [-0.15, -0.1) is 12.4 Å². The first-order valence-electron chi connectivity index (χ1n) is 23.6. The van der Waals surface area contributed by atoms with Crippen LogP contribution in [-0.2, 0) is 17.8 Å². The molecule has 11 heteroatoms. The highest BCUT2D eigenvalue weighted by atomic mass is 35.5. The molecule has 0 bridgehead atoms. The van der Waals surface area contributed by atoms with Crippen LogP contribution in [0.5, 0.6) is 0 Å². The quantitative estimate of drug-likeness (QED) is 0.132. The van der Waals surface area contributed by atoms with Crippen molar-refractivity contribution in [3.8, 4) is 0 Å². The van der Waals surface area contributed by atoms with E-state index >= 15 is 0 Å². The van der Waals surface area contributed by atoms with Crippen molar-refractivity contribution in [1.29, 1.82) is 0 Å². The highest BCUT2D eigenvalue weighted by Gasteiger charge is 2.23. The summed E-state index contributed by atoms with van der Waals surface area (Å²) < 4.78 is 0. The smallest absolute Gasteiger partial charge is 0.0569 e. The van der Waals surface area contributed by atoms with Crippen LogP contribution in [-0.4, -0.2) is 69.4 Å². The van der Waals surface area contributed by atoms with E-state index in [0.717, 1.165) is 72.4 Å². The largest absolute Gasteiger partial charge is 0.327 e. The molecule has 7 atom stereocenters. The molecule has 5 aliphatic carbocycles. The maximum Gasteiger partial charge on any atom is 0.0569 e. The number of piperazine rings is 1. The maximum absolute atomic E-state index is 5.84. The molecule has 0 radical (unpaired) electrons. The number of nitrogens with one attached hydrogen (secondary N) is 2. The third kappa shape index (κ3) is 25.2. The van der Waals surface area contributed by atoms with Crippen LogP contribution in [0.2, 0.25) is 10.0 Å². The monoisotopic (exact) mass is 922 g/mol. The minimum atomic E-state index is 0. The van der Waals surface area contributed by atoms with Crippen LogP contribution >= 0.6 is 35.6 Å². The third-order valence-electron chi connectivity index (χ3n) is 13.7. The molecule has 356 valence electrons. The molecule has 10 N–H and O–H groups in total. The molecular formula is C51H90Cl3N7O. The first kappa shape index (κ1) is 58.5. The summed E-state index contributed by atoms with van der Waals surface area (Å²) in [5.74, 6) is 8.47. The Morgan fingerprint density at radius 1 is 0.613 bits per heavy atom. The van der Waals surface area contributed by atoms with E-state index < -0.39 is 0 Å². The molecule has 0 spiro atoms. The van der Waals surface area contributed by atoms with Crippen LogP contribution in [0, 0.1) is 29.6 Å². The van der Waals surface area contributed by atoms with E-state index in [1.165, 1.54) is 120 Å². The molecule has 1 unspecified atom stereocenters. The number of benzene rings is 2. The molecule has 6 fully saturated rings. The lowest BCUT2D eigenvalue weighted by atomic mass is 9.82. The van der Waals surface area contributed by atoms with Gasteiger partial charge in [-0.05, 0) is 175 Å². The van der Waals surface area contributed by atoms with Crippen molar-refractivity contribution in [3.05, 3.63) is 93.0 Å². The van der Waals surface area contributed by atoms with E-state index in [1.54, 1.807) is 11.1 Å². The molecule has 0 amide bonds. The van der Waals surface area contributed by atoms with E-state index in [0.29, 0.717) is 18.1 Å². The number of hydrogen-bond donors (Lipinski definition) is 6. The lowest BCUT2D eigenvalue weighted by Crippen LogP contribution is -2.42. The summed E-state index contributed by atoms with van der Waals surface area (Å²) >= 11 is 11.7. The zero-order valence-corrected chi connectivity index (χ0v) is 42.2. The van der Waals surface area contributed by atoms with Crippen molar-refractivity contribution in [1.82, 2.24) is 15.5 Å². The van der Waals surface area contributed by atoms with Crippen molar-refractivity contribution in [2.24, 2.45) is 52.7 Å². The zero-order valence-electron chi connectivity index (χ0n) is 39.9. The molecule has 62 heavy (non-hydrogen) atoms. The summed E-state index contributed by atoms with van der Waals surface area (Å²) in [5.41, 5.74) is 24.0. The highest BCUT2D eigenvalue weighted by molar-refractivity contribution is 6.30. The molecule has 0 aromatic heterocycles. The Balaban J connectivity index is 0.000000370. The van der Waals surface area contributed by atoms with Crippen LogP contribution < -0.4 is 33.7 Å². The minimum Gasteiger partial charge on any atom is -0.327 e. The van der Waals surface area contributed by atoms with Gasteiger partial charge in [-0.1, -0.05) is 98.5 Å². The first-order valence-corrected chi connectivity index (χ1v) is 24.3. The Bertz CT molecular complexity index is 1330. The Labute approximate surface area is 395 Å². The van der Waals surface area contributed by atoms with Crippen LogP contribution in [0.4, 0.5) is 0 Å². The van der Waals surface area contributed by atoms with Gasteiger partial charge in [0.05, 0.1) is 7.11 Å². The van der Waals surface area contributed by atoms with Crippen LogP contribution in [0.1, 0.15) is 130 Å². The normalized spacial score (nSPS) is 26.9. The van der Waals surface area contributed by atoms with Gasteiger partial charge in [-0.2, -0.15) is 0 Å². The molecule has 2 aliphatic heterocycles. The van der Waals surface area contributed by atoms with Gasteiger partial charge in [-0.3, -0.25) is 4.90 Å². The fourth-order valence-electron chi connectivity index (χ4n) is 7.10. The summed E-state index contributed by atoms with van der Waals surface area (Å²) in [6.07, 6.45) is 17.0. The van der Waals surface area contributed by atoms with Crippen molar-refractivity contribution in [2.45, 2.75) is 150 Å². The van der Waals surface area contributed by atoms with Crippen LogP contribution in [0.15, 0.2) is 71.8 Å². The lowest BCUT2D eigenvalue weighted by molar-refractivity contribution is 0.206. The number of piperidine rings is 1. The van der Waals surface area contributed by atoms with E-state index in [4.69, 9.17) is 40.4 Å². The van der Waals surface area contributed by atoms with E-state index in [-0.39, 0.29) is 12.4 Å². The molecule has 8 nitrogen and oxygen atoms in total. The Hall–Kier alpha value is -1.53. The predicted octanol–water partition coefficient (Wildman–Crippen LogP) is 10.9. The van der Waals surface area contributed by atoms with Crippen molar-refractivity contribution in [2.75, 3.05) is 46.4 Å². The lowest BCUT2D eigenvalue weighted by Gasteiger charge is -2.29. The first-order chi connectivity index (χ1) is 29.1. The number of hydrogen-bond acceptors (Lipinski definition) is 8. The highest BCUT2D eigenvalue weighted by Crippen LogP contribution is 2.30. The molecule has 2 heterocycles. The molecule has 2 aromatic rings. The second-order valence-electron chi connectivity index (χ2n) is 18.7. The van der Waals surface area contributed by atoms with Crippen molar-refractivity contribution >= 4 is 35.6 Å². The van der Waals surface area contributed by atoms with Gasteiger partial charge in [0.1, 0.15) is 0 Å². The van der Waals surface area contributed by atoms with Gasteiger partial charge in [-0.25, -0.2) is 5.90 Å². The number of rotatable bonds is 4. The summed E-state index contributed by atoms with van der Waals surface area (Å²) in [4.78, 5) is 6.21. The molecule has 9 rings (SSSR count). The number of nitrogens with zero attached hydrogens (tertiary/aromatic N) is 1. The fourth-order valence-corrected chi connectivity index (χ4v) is 7.35. The summed E-state index contributed by atoms with van der Waals surface area (Å²) in [5, 5.41) is 8.38. The predicted molar refractivity (Wildman–Crippen MR) is 273 cm³/mol. The average Bonchev–Trinajstić information content (AvgIpc) is 3.29. The Kier molecular flexibility index (Phi) is 32.0. The fraction of sp³-hybridized carbons (Fsp3) is 0.686. The van der Waals surface area contributed by atoms with Gasteiger partial charge in [0.25, 0.3) is 0 Å². The number of halogens is 3. The summed E-state index contributed by atoms with van der Waals surface area (Å²) in [7, 11) is 1.40. The second kappa shape index (κ2) is 33.9. The number of nitrogens with two attached hydrogens (primary N) is 4. The topological polar surface area (TPSA) is 141 Å². The summed E-state index contributed by atoms with van der Waals surface area (Å²) in [6.45, 7) is 25.0. The molecular weight excluding hydrogens is 833 g/mol. The molecule has 4 saturated carbocycles. The Morgan fingerprint density at radius 2 is 0.968 bits per heavy atom. The standard InChI is InChI=1S/C12H16ClN.C11H15ClN2.2C6H10.3C5H11N.CH5NO.ClH/c13-12-3-1-10(2-4-12)9-11-5-7-14-8-6-11;12-11-3-1-10(2-4-11)9-14-7-5-13-6-8-14;2*1-5-3-4-6(5)2;3*1-4-2-3-5(4)6;1-3-2;/h1-4,11,14H,5-9H2;1-4,13H,5-9H2;3-4H2,1-2H3;6H,1,3-4H2,2H3;3*4-5H,2-3,6H2,1H3;2H2,1H3;1H/t;;;;4-,5+;2*4-,5-;;/m....011../s1. The third-order valence-corrected chi connectivity index (χ3v) is 14.2. The van der Waals surface area contributed by atoms with E-state index in [1.807, 2.05) is 24.3 Å². The van der Waals surface area contributed by atoms with E-state index in [2.05, 4.69) is 98.7 Å². The molecule has 2 aromatic carbocycles. The van der Waals surface area contributed by atoms with E-state index in [9.17, 15) is 0 Å². The van der Waals surface area contributed by atoms with Gasteiger partial charge in [0.15, 0.2) is 0 Å². The molecule has 2 saturated heterocycles. The van der Waals surface area contributed by atoms with Crippen LogP contribution in [0.25, 0.3) is 0 Å². The average molecular weight is 924 g/mol. The van der Waals surface area contributed by atoms with Gasteiger partial charge >= 0.3 is 0 Å². The second-order valence-corrected chi connectivity index (χ2v) is 19.6. The van der Waals surface area contributed by atoms with Gasteiger partial charge in [0, 0.05) is 60.9 Å². The number of allylic oxidation sites excluding steroid dienone is 3. The zero-order chi connectivity index (χ0) is 45.2. The van der Waals surface area contributed by atoms with Crippen molar-refractivity contribution in [3.63, 3.8) is 0 Å². The minimum absolute atomic E-state index is 0. The van der Waals surface area contributed by atoms with Gasteiger partial charge in [0.2, 0.25) is 0 Å². The Morgan fingerprint density at radius 3 is 1.23 bits per heavy atom. The van der Waals surface area contributed by atoms with Crippen LogP contribution in [0.3, 0.4) is 0 Å². The summed E-state index contributed by atoms with van der Waals surface area (Å²) in [6, 6.07) is 18.0. The molecule has 7 aliphatic rings.